The van der Waals surface area contributed by atoms with Gasteiger partial charge in [-0.2, -0.15) is 15.0 Å². The molecular formula is C11H17N7. The number of benzene rings is 1. The molecule has 18 heavy (non-hydrogen) atoms. The van der Waals surface area contributed by atoms with Crippen molar-refractivity contribution in [2.75, 3.05) is 36.2 Å². The summed E-state index contributed by atoms with van der Waals surface area (Å²) in [6, 6.07) is 9.49. The van der Waals surface area contributed by atoms with Crippen LogP contribution in [0.5, 0.6) is 0 Å². The highest BCUT2D eigenvalue weighted by molar-refractivity contribution is 5.38. The summed E-state index contributed by atoms with van der Waals surface area (Å²) in [5, 5.41) is 0. The minimum atomic E-state index is 0.140. The highest BCUT2D eigenvalue weighted by atomic mass is 15.3. The maximum atomic E-state index is 5.36. The second kappa shape index (κ2) is 6.24. The number of nitrogens with zero attached hydrogens (tertiary/aromatic N) is 4. The monoisotopic (exact) mass is 247 g/mol. The van der Waals surface area contributed by atoms with Gasteiger partial charge in [0.25, 0.3) is 0 Å². The van der Waals surface area contributed by atoms with Crippen molar-refractivity contribution in [2.45, 2.75) is 0 Å². The number of para-hydroxylation sites is 1. The highest BCUT2D eigenvalue weighted by Crippen LogP contribution is 2.05. The first kappa shape index (κ1) is 13.5. The van der Waals surface area contributed by atoms with Gasteiger partial charge in [-0.25, -0.2) is 0 Å². The van der Waals surface area contributed by atoms with Crippen LogP contribution >= 0.6 is 0 Å². The van der Waals surface area contributed by atoms with E-state index in [4.69, 9.17) is 17.2 Å². The van der Waals surface area contributed by atoms with Gasteiger partial charge in [-0.3, -0.25) is 0 Å². The van der Waals surface area contributed by atoms with E-state index in [9.17, 15) is 0 Å². The Bertz CT molecular complexity index is 464. The van der Waals surface area contributed by atoms with Crippen molar-refractivity contribution in [2.24, 2.45) is 0 Å². The van der Waals surface area contributed by atoms with Crippen LogP contribution in [-0.2, 0) is 0 Å². The van der Waals surface area contributed by atoms with Crippen LogP contribution in [0.2, 0.25) is 0 Å². The van der Waals surface area contributed by atoms with Crippen molar-refractivity contribution in [1.82, 2.24) is 15.0 Å². The lowest BCUT2D eigenvalue weighted by Gasteiger charge is -2.09. The van der Waals surface area contributed by atoms with Crippen LogP contribution in [0.1, 0.15) is 0 Å². The lowest BCUT2D eigenvalue weighted by molar-refractivity contribution is 0.973. The molecule has 0 aliphatic carbocycles. The van der Waals surface area contributed by atoms with Crippen molar-refractivity contribution in [3.63, 3.8) is 0 Å². The number of anilines is 4. The summed E-state index contributed by atoms with van der Waals surface area (Å²) < 4.78 is 0. The van der Waals surface area contributed by atoms with Gasteiger partial charge in [0, 0.05) is 19.8 Å². The minimum absolute atomic E-state index is 0.140. The summed E-state index contributed by atoms with van der Waals surface area (Å²) in [6.07, 6.45) is 0. The molecule has 0 saturated carbocycles. The van der Waals surface area contributed by atoms with Crippen molar-refractivity contribution in [1.29, 1.82) is 0 Å². The second-order valence-electron chi connectivity index (χ2n) is 3.66. The summed E-state index contributed by atoms with van der Waals surface area (Å²) >= 11 is 0. The Morgan fingerprint density at radius 1 is 0.833 bits per heavy atom. The van der Waals surface area contributed by atoms with Crippen LogP contribution in [0.4, 0.5) is 23.5 Å². The number of hydrogen-bond acceptors (Lipinski definition) is 7. The third-order valence-electron chi connectivity index (χ3n) is 1.86. The average Bonchev–Trinajstić information content (AvgIpc) is 2.29. The number of nitrogens with two attached hydrogens (primary N) is 3. The molecule has 0 atom stereocenters. The van der Waals surface area contributed by atoms with Gasteiger partial charge in [-0.15, -0.1) is 0 Å². The molecule has 0 spiro atoms. The zero-order chi connectivity index (χ0) is 13.5. The molecule has 0 fully saturated rings. The van der Waals surface area contributed by atoms with E-state index in [1.807, 2.05) is 30.3 Å². The van der Waals surface area contributed by atoms with Crippen molar-refractivity contribution in [3.8, 4) is 0 Å². The van der Waals surface area contributed by atoms with Gasteiger partial charge >= 0.3 is 0 Å². The number of aromatic nitrogens is 3. The summed E-state index contributed by atoms with van der Waals surface area (Å²) in [5.74, 6) is 0.748. The van der Waals surface area contributed by atoms with Gasteiger partial charge < -0.3 is 22.1 Å². The molecule has 7 heteroatoms. The van der Waals surface area contributed by atoms with Crippen LogP contribution in [0, 0.1) is 0 Å². The van der Waals surface area contributed by atoms with Crippen LogP contribution in [0.3, 0.4) is 0 Å². The van der Waals surface area contributed by atoms with E-state index in [0.717, 1.165) is 5.69 Å². The SMILES string of the molecule is CN(C)c1nc(N)nc(N)n1.Nc1ccccc1. The Hall–Kier alpha value is -2.57. The van der Waals surface area contributed by atoms with Crippen LogP contribution in [-0.4, -0.2) is 29.0 Å². The fourth-order valence-electron chi connectivity index (χ4n) is 1.05. The van der Waals surface area contributed by atoms with Crippen LogP contribution in [0.25, 0.3) is 0 Å². The van der Waals surface area contributed by atoms with E-state index >= 15 is 0 Å². The van der Waals surface area contributed by atoms with Crippen molar-refractivity contribution in [3.05, 3.63) is 30.3 Å². The molecule has 2 rings (SSSR count). The molecule has 0 unspecified atom stereocenters. The van der Waals surface area contributed by atoms with Crippen LogP contribution < -0.4 is 22.1 Å². The Balaban J connectivity index is 0.000000199. The first-order chi connectivity index (χ1) is 8.49. The van der Waals surface area contributed by atoms with Gasteiger partial charge in [0.1, 0.15) is 0 Å². The lowest BCUT2D eigenvalue weighted by atomic mass is 10.3. The first-order valence-corrected chi connectivity index (χ1v) is 5.24. The fraction of sp³-hybridized carbons (Fsp3) is 0.182. The van der Waals surface area contributed by atoms with E-state index < -0.39 is 0 Å². The number of nitrogen functional groups attached to an aromatic ring is 3. The van der Waals surface area contributed by atoms with Crippen LogP contribution in [0.15, 0.2) is 30.3 Å². The van der Waals surface area contributed by atoms with Gasteiger partial charge in [0.2, 0.25) is 17.8 Å². The maximum absolute atomic E-state index is 5.36. The van der Waals surface area contributed by atoms with Crippen molar-refractivity contribution >= 4 is 23.5 Å². The predicted molar refractivity (Wildman–Crippen MR) is 73.8 cm³/mol. The molecule has 0 amide bonds. The molecule has 2 aromatic rings. The summed E-state index contributed by atoms with van der Waals surface area (Å²) in [4.78, 5) is 13.0. The Morgan fingerprint density at radius 3 is 1.67 bits per heavy atom. The Labute approximate surface area is 106 Å². The number of hydrogen-bond donors (Lipinski definition) is 3. The number of rotatable bonds is 1. The molecule has 1 aromatic heterocycles. The molecule has 0 bridgehead atoms. The largest absolute Gasteiger partial charge is 0.399 e. The smallest absolute Gasteiger partial charge is 0.231 e. The normalized spacial score (nSPS) is 9.22. The molecular weight excluding hydrogens is 230 g/mol. The standard InChI is InChI=1S/C6H7N.C5H10N6/c7-6-4-2-1-3-5-6;1-11(2)5-9-3(6)8-4(7)10-5/h1-5H,7H2;1-2H3,(H4,6,7,8,9,10). The molecule has 0 aliphatic rings. The first-order valence-electron chi connectivity index (χ1n) is 5.24. The topological polar surface area (TPSA) is 120 Å². The van der Waals surface area contributed by atoms with Gasteiger partial charge in [0.05, 0.1) is 0 Å². The van der Waals surface area contributed by atoms with E-state index in [-0.39, 0.29) is 11.9 Å². The van der Waals surface area contributed by atoms with E-state index in [2.05, 4.69) is 15.0 Å². The zero-order valence-electron chi connectivity index (χ0n) is 10.4. The third-order valence-corrected chi connectivity index (χ3v) is 1.86. The van der Waals surface area contributed by atoms with E-state index in [0.29, 0.717) is 5.95 Å². The van der Waals surface area contributed by atoms with Gasteiger partial charge in [0.15, 0.2) is 0 Å². The molecule has 7 nitrogen and oxygen atoms in total. The predicted octanol–water partition coefficient (Wildman–Crippen LogP) is 0.371. The highest BCUT2D eigenvalue weighted by Gasteiger charge is 2.01. The fourth-order valence-corrected chi connectivity index (χ4v) is 1.05. The average molecular weight is 247 g/mol. The lowest BCUT2D eigenvalue weighted by Crippen LogP contribution is -2.15. The molecule has 6 N–H and O–H groups in total. The summed E-state index contributed by atoms with van der Waals surface area (Å²) in [7, 11) is 3.60. The molecule has 1 aromatic carbocycles. The summed E-state index contributed by atoms with van der Waals surface area (Å²) in [6.45, 7) is 0. The van der Waals surface area contributed by atoms with Crippen molar-refractivity contribution < 1.29 is 0 Å². The third kappa shape index (κ3) is 4.52. The zero-order valence-corrected chi connectivity index (χ0v) is 10.4. The minimum Gasteiger partial charge on any atom is -0.399 e. The van der Waals surface area contributed by atoms with E-state index in [1.54, 1.807) is 19.0 Å². The quantitative estimate of drug-likeness (QED) is 0.622. The summed E-state index contributed by atoms with van der Waals surface area (Å²) in [5.41, 5.74) is 16.8. The molecule has 0 radical (unpaired) electrons. The second-order valence-corrected chi connectivity index (χ2v) is 3.66. The Morgan fingerprint density at radius 2 is 1.33 bits per heavy atom. The van der Waals surface area contributed by atoms with Gasteiger partial charge in [-0.05, 0) is 12.1 Å². The Kier molecular flexibility index (Phi) is 4.67. The maximum Gasteiger partial charge on any atom is 0.231 e. The molecule has 0 saturated heterocycles. The molecule has 96 valence electrons. The van der Waals surface area contributed by atoms with E-state index in [1.165, 1.54) is 0 Å². The molecule has 1 heterocycles. The molecule has 0 aliphatic heterocycles. The van der Waals surface area contributed by atoms with Gasteiger partial charge in [-0.1, -0.05) is 18.2 Å².